The summed E-state index contributed by atoms with van der Waals surface area (Å²) in [4.78, 5) is 0.725. The van der Waals surface area contributed by atoms with Crippen molar-refractivity contribution in [3.8, 4) is 17.2 Å². The molecule has 0 radical (unpaired) electrons. The van der Waals surface area contributed by atoms with Gasteiger partial charge in [-0.1, -0.05) is 29.5 Å². The van der Waals surface area contributed by atoms with Crippen LogP contribution in [-0.2, 0) is 6.61 Å². The van der Waals surface area contributed by atoms with Crippen LogP contribution < -0.4 is 14.2 Å². The first kappa shape index (κ1) is 18.0. The standard InChI is InChI=1S/C20H18N4O3S/c1-25-15-6-3-14(4-7-15)5-12-19-23-24-18(21-22-20(24)28-19)13-27-17-10-8-16(26-2)9-11-17/h3-12H,13H2,1-2H3. The SMILES string of the molecule is COc1ccc(C=Cc2nn3c(COc4ccc(OC)cc4)nnc3s2)cc1. The lowest BCUT2D eigenvalue weighted by atomic mass is 10.2. The summed E-state index contributed by atoms with van der Waals surface area (Å²) in [6.07, 6.45) is 3.95. The minimum atomic E-state index is 0.277. The predicted octanol–water partition coefficient (Wildman–Crippen LogP) is 3.95. The molecular formula is C20H18N4O3S. The molecule has 0 aliphatic rings. The number of rotatable bonds is 7. The maximum Gasteiger partial charge on any atom is 0.235 e. The average Bonchev–Trinajstić information content (AvgIpc) is 3.32. The Bertz CT molecular complexity index is 1090. The number of nitrogens with zero attached hydrogens (tertiary/aromatic N) is 4. The van der Waals surface area contributed by atoms with Crippen LogP contribution in [0.1, 0.15) is 16.4 Å². The van der Waals surface area contributed by atoms with E-state index in [1.165, 1.54) is 11.3 Å². The van der Waals surface area contributed by atoms with Crippen molar-refractivity contribution >= 4 is 28.4 Å². The zero-order chi connectivity index (χ0) is 19.3. The molecule has 0 N–H and O–H groups in total. The van der Waals surface area contributed by atoms with Crippen molar-refractivity contribution in [2.45, 2.75) is 6.61 Å². The summed E-state index contributed by atoms with van der Waals surface area (Å²) in [5.41, 5.74) is 1.06. The summed E-state index contributed by atoms with van der Waals surface area (Å²) in [5, 5.41) is 13.7. The van der Waals surface area contributed by atoms with Crippen molar-refractivity contribution in [1.29, 1.82) is 0 Å². The second-order valence-corrected chi connectivity index (χ2v) is 6.81. The van der Waals surface area contributed by atoms with E-state index in [4.69, 9.17) is 14.2 Å². The molecule has 0 aliphatic carbocycles. The Kier molecular flexibility index (Phi) is 5.20. The van der Waals surface area contributed by atoms with Gasteiger partial charge in [0, 0.05) is 0 Å². The Morgan fingerprint density at radius 3 is 2.18 bits per heavy atom. The monoisotopic (exact) mass is 394 g/mol. The summed E-state index contributed by atoms with van der Waals surface area (Å²) >= 11 is 1.47. The normalized spacial score (nSPS) is 11.2. The fraction of sp³-hybridized carbons (Fsp3) is 0.150. The molecule has 0 saturated heterocycles. The maximum absolute atomic E-state index is 5.77. The molecule has 0 unspecified atom stereocenters. The first-order valence-corrected chi connectivity index (χ1v) is 9.37. The molecule has 0 atom stereocenters. The third-order valence-electron chi connectivity index (χ3n) is 4.03. The molecule has 0 aliphatic heterocycles. The van der Waals surface area contributed by atoms with E-state index in [9.17, 15) is 0 Å². The van der Waals surface area contributed by atoms with Crippen LogP contribution in [0.25, 0.3) is 17.1 Å². The molecule has 2 aromatic carbocycles. The summed E-state index contributed by atoms with van der Waals surface area (Å²) in [6, 6.07) is 15.2. The Morgan fingerprint density at radius 1 is 0.857 bits per heavy atom. The molecule has 0 saturated carbocycles. The smallest absolute Gasteiger partial charge is 0.235 e. The Morgan fingerprint density at radius 2 is 1.50 bits per heavy atom. The second kappa shape index (κ2) is 8.10. The van der Waals surface area contributed by atoms with Crippen LogP contribution >= 0.6 is 11.3 Å². The Labute approximate surface area is 165 Å². The highest BCUT2D eigenvalue weighted by atomic mass is 32.1. The predicted molar refractivity (Wildman–Crippen MR) is 108 cm³/mol. The molecule has 28 heavy (non-hydrogen) atoms. The van der Waals surface area contributed by atoms with Gasteiger partial charge in [-0.3, -0.25) is 0 Å². The van der Waals surface area contributed by atoms with Gasteiger partial charge in [0.05, 0.1) is 14.2 Å². The van der Waals surface area contributed by atoms with Gasteiger partial charge < -0.3 is 14.2 Å². The fourth-order valence-corrected chi connectivity index (χ4v) is 3.29. The molecule has 2 heterocycles. The highest BCUT2D eigenvalue weighted by Gasteiger charge is 2.11. The number of methoxy groups -OCH3 is 2. The van der Waals surface area contributed by atoms with Gasteiger partial charge >= 0.3 is 0 Å². The van der Waals surface area contributed by atoms with E-state index in [2.05, 4.69) is 15.3 Å². The van der Waals surface area contributed by atoms with Crippen molar-refractivity contribution in [3.63, 3.8) is 0 Å². The highest BCUT2D eigenvalue weighted by molar-refractivity contribution is 7.17. The first-order valence-electron chi connectivity index (χ1n) is 8.55. The minimum Gasteiger partial charge on any atom is -0.497 e. The Balaban J connectivity index is 1.45. The molecule has 7 nitrogen and oxygen atoms in total. The summed E-state index contributed by atoms with van der Waals surface area (Å²) < 4.78 is 17.8. The van der Waals surface area contributed by atoms with Gasteiger partial charge in [-0.25, -0.2) is 0 Å². The van der Waals surface area contributed by atoms with Gasteiger partial charge in [-0.15, -0.1) is 10.2 Å². The van der Waals surface area contributed by atoms with E-state index in [0.717, 1.165) is 32.8 Å². The van der Waals surface area contributed by atoms with Gasteiger partial charge in [0.25, 0.3) is 0 Å². The van der Waals surface area contributed by atoms with Crippen molar-refractivity contribution in [1.82, 2.24) is 19.8 Å². The highest BCUT2D eigenvalue weighted by Crippen LogP contribution is 2.20. The zero-order valence-electron chi connectivity index (χ0n) is 15.4. The molecular weight excluding hydrogens is 376 g/mol. The van der Waals surface area contributed by atoms with Crippen LogP contribution in [0.5, 0.6) is 17.2 Å². The number of aromatic nitrogens is 4. The third kappa shape index (κ3) is 3.96. The minimum absolute atomic E-state index is 0.277. The van der Waals surface area contributed by atoms with Crippen LogP contribution in [0.15, 0.2) is 48.5 Å². The molecule has 4 rings (SSSR count). The van der Waals surface area contributed by atoms with Crippen molar-refractivity contribution in [2.75, 3.05) is 14.2 Å². The van der Waals surface area contributed by atoms with E-state index in [1.807, 2.05) is 60.7 Å². The van der Waals surface area contributed by atoms with Crippen molar-refractivity contribution in [3.05, 3.63) is 64.9 Å². The molecule has 4 aromatic rings. The molecule has 8 heteroatoms. The number of hydrogen-bond donors (Lipinski definition) is 0. The topological polar surface area (TPSA) is 70.8 Å². The van der Waals surface area contributed by atoms with Crippen LogP contribution in [0.2, 0.25) is 0 Å². The number of benzene rings is 2. The lowest BCUT2D eigenvalue weighted by Gasteiger charge is -2.05. The van der Waals surface area contributed by atoms with E-state index < -0.39 is 0 Å². The van der Waals surface area contributed by atoms with Gasteiger partial charge in [0.1, 0.15) is 28.9 Å². The average molecular weight is 394 g/mol. The van der Waals surface area contributed by atoms with Crippen molar-refractivity contribution in [2.24, 2.45) is 0 Å². The number of ether oxygens (including phenoxy) is 3. The molecule has 2 aromatic heterocycles. The van der Waals surface area contributed by atoms with Crippen LogP contribution in [0.3, 0.4) is 0 Å². The first-order chi connectivity index (χ1) is 13.7. The van der Waals surface area contributed by atoms with E-state index in [0.29, 0.717) is 5.82 Å². The lowest BCUT2D eigenvalue weighted by molar-refractivity contribution is 0.292. The molecule has 0 amide bonds. The lowest BCUT2D eigenvalue weighted by Crippen LogP contribution is -2.02. The third-order valence-corrected chi connectivity index (χ3v) is 4.90. The summed E-state index contributed by atoms with van der Waals surface area (Å²) in [6.45, 7) is 0.277. The van der Waals surface area contributed by atoms with E-state index >= 15 is 0 Å². The summed E-state index contributed by atoms with van der Waals surface area (Å²) in [5.74, 6) is 2.99. The molecule has 0 spiro atoms. The van der Waals surface area contributed by atoms with E-state index in [1.54, 1.807) is 18.7 Å². The van der Waals surface area contributed by atoms with Crippen molar-refractivity contribution < 1.29 is 14.2 Å². The van der Waals surface area contributed by atoms with Crippen LogP contribution in [-0.4, -0.2) is 34.0 Å². The summed E-state index contributed by atoms with van der Waals surface area (Å²) in [7, 11) is 3.28. The van der Waals surface area contributed by atoms with Gasteiger partial charge in [0.2, 0.25) is 4.96 Å². The van der Waals surface area contributed by atoms with Crippen LogP contribution in [0.4, 0.5) is 0 Å². The van der Waals surface area contributed by atoms with Gasteiger partial charge in [-0.2, -0.15) is 9.61 Å². The maximum atomic E-state index is 5.77. The van der Waals surface area contributed by atoms with Crippen LogP contribution in [0, 0.1) is 0 Å². The quantitative estimate of drug-likeness (QED) is 0.473. The van der Waals surface area contributed by atoms with Gasteiger partial charge in [-0.05, 0) is 48.0 Å². The van der Waals surface area contributed by atoms with E-state index in [-0.39, 0.29) is 6.61 Å². The second-order valence-electron chi connectivity index (χ2n) is 5.82. The fourth-order valence-electron chi connectivity index (χ4n) is 2.53. The molecule has 0 fully saturated rings. The number of hydrogen-bond acceptors (Lipinski definition) is 7. The van der Waals surface area contributed by atoms with Gasteiger partial charge in [0.15, 0.2) is 5.82 Å². The zero-order valence-corrected chi connectivity index (χ0v) is 16.2. The largest absolute Gasteiger partial charge is 0.497 e. The Hall–Kier alpha value is -3.39. The molecule has 0 bridgehead atoms. The number of fused-ring (bicyclic) bond motifs is 1. The molecule has 142 valence electrons.